The molecule has 7 heteroatoms. The van der Waals surface area contributed by atoms with Crippen molar-refractivity contribution in [3.8, 4) is 11.3 Å². The van der Waals surface area contributed by atoms with Gasteiger partial charge in [0.05, 0.1) is 11.9 Å². The SMILES string of the molecule is Cc1ccncc1-c1cc2c(N)nn(C(=O)O)c2cn1. The van der Waals surface area contributed by atoms with Crippen LogP contribution in [0.2, 0.25) is 0 Å². The molecule has 3 aromatic heterocycles. The summed E-state index contributed by atoms with van der Waals surface area (Å²) < 4.78 is 0.817. The van der Waals surface area contributed by atoms with Crippen molar-refractivity contribution in [1.29, 1.82) is 0 Å². The first-order valence-electron chi connectivity index (χ1n) is 5.86. The number of carbonyl (C=O) groups is 1. The zero-order valence-electron chi connectivity index (χ0n) is 10.6. The molecular formula is C13H11N5O2. The number of pyridine rings is 2. The summed E-state index contributed by atoms with van der Waals surface area (Å²) in [7, 11) is 0. The van der Waals surface area contributed by atoms with Crippen molar-refractivity contribution in [2.45, 2.75) is 6.92 Å². The molecule has 0 aliphatic carbocycles. The van der Waals surface area contributed by atoms with E-state index in [1.807, 2.05) is 13.0 Å². The van der Waals surface area contributed by atoms with Gasteiger partial charge in [0, 0.05) is 23.3 Å². The van der Waals surface area contributed by atoms with Gasteiger partial charge in [0.2, 0.25) is 0 Å². The number of nitrogens with zero attached hydrogens (tertiary/aromatic N) is 4. The van der Waals surface area contributed by atoms with E-state index in [1.54, 1.807) is 18.5 Å². The fourth-order valence-electron chi connectivity index (χ4n) is 2.06. The van der Waals surface area contributed by atoms with Gasteiger partial charge >= 0.3 is 6.09 Å². The van der Waals surface area contributed by atoms with E-state index < -0.39 is 6.09 Å². The quantitative estimate of drug-likeness (QED) is 0.698. The van der Waals surface area contributed by atoms with Gasteiger partial charge in [-0.3, -0.25) is 9.97 Å². The average molecular weight is 269 g/mol. The molecule has 0 aliphatic rings. The van der Waals surface area contributed by atoms with Crippen LogP contribution in [0.25, 0.3) is 22.2 Å². The number of aromatic nitrogens is 4. The Morgan fingerprint density at radius 3 is 2.90 bits per heavy atom. The first kappa shape index (κ1) is 12.1. The van der Waals surface area contributed by atoms with Gasteiger partial charge in [-0.1, -0.05) is 0 Å². The minimum atomic E-state index is -1.20. The lowest BCUT2D eigenvalue weighted by Crippen LogP contribution is -2.09. The molecule has 3 N–H and O–H groups in total. The minimum absolute atomic E-state index is 0.160. The van der Waals surface area contributed by atoms with Gasteiger partial charge in [0.1, 0.15) is 5.52 Å². The molecule has 0 saturated carbocycles. The van der Waals surface area contributed by atoms with Gasteiger partial charge in [0.15, 0.2) is 5.82 Å². The van der Waals surface area contributed by atoms with Crippen LogP contribution in [0.15, 0.2) is 30.7 Å². The summed E-state index contributed by atoms with van der Waals surface area (Å²) in [5.41, 5.74) is 8.70. The fourth-order valence-corrected chi connectivity index (χ4v) is 2.06. The van der Waals surface area contributed by atoms with E-state index in [4.69, 9.17) is 10.8 Å². The number of hydrogen-bond acceptors (Lipinski definition) is 5. The maximum Gasteiger partial charge on any atom is 0.432 e. The van der Waals surface area contributed by atoms with Crippen molar-refractivity contribution in [1.82, 2.24) is 19.7 Å². The van der Waals surface area contributed by atoms with Gasteiger partial charge in [-0.2, -0.15) is 4.68 Å². The number of hydrogen-bond donors (Lipinski definition) is 2. The summed E-state index contributed by atoms with van der Waals surface area (Å²) in [4.78, 5) is 19.4. The monoisotopic (exact) mass is 269 g/mol. The van der Waals surface area contributed by atoms with Crippen molar-refractivity contribution >= 4 is 22.8 Å². The third-order valence-electron chi connectivity index (χ3n) is 3.09. The Hall–Kier alpha value is -2.96. The number of nitrogens with two attached hydrogens (primary N) is 1. The van der Waals surface area contributed by atoms with Crippen LogP contribution in [0.1, 0.15) is 5.56 Å². The standard InChI is InChI=1S/C13H11N5O2/c1-7-2-3-15-5-9(7)10-4-8-11(6-16-10)18(13(19)20)17-12(8)14/h2-6H,1H3,(H2,14,17)(H,19,20). The predicted octanol–water partition coefficient (Wildman–Crippen LogP) is 1.91. The lowest BCUT2D eigenvalue weighted by atomic mass is 10.1. The van der Waals surface area contributed by atoms with E-state index >= 15 is 0 Å². The normalized spacial score (nSPS) is 10.8. The Labute approximate surface area is 113 Å². The summed E-state index contributed by atoms with van der Waals surface area (Å²) in [6, 6.07) is 3.60. The van der Waals surface area contributed by atoms with E-state index in [1.165, 1.54) is 6.20 Å². The number of rotatable bonds is 1. The van der Waals surface area contributed by atoms with Crippen LogP contribution in [-0.4, -0.2) is 30.9 Å². The van der Waals surface area contributed by atoms with Crippen molar-refractivity contribution in [2.24, 2.45) is 0 Å². The fraction of sp³-hybridized carbons (Fsp3) is 0.0769. The van der Waals surface area contributed by atoms with Crippen LogP contribution >= 0.6 is 0 Å². The molecule has 100 valence electrons. The van der Waals surface area contributed by atoms with Crippen LogP contribution < -0.4 is 5.73 Å². The summed E-state index contributed by atoms with van der Waals surface area (Å²) in [6.07, 6.45) is 3.67. The second-order valence-corrected chi connectivity index (χ2v) is 4.36. The van der Waals surface area contributed by atoms with Gasteiger partial charge in [0.25, 0.3) is 0 Å². The molecule has 7 nitrogen and oxygen atoms in total. The van der Waals surface area contributed by atoms with Crippen molar-refractivity contribution in [3.63, 3.8) is 0 Å². The van der Waals surface area contributed by atoms with Crippen LogP contribution in [0.5, 0.6) is 0 Å². The molecule has 0 aliphatic heterocycles. The Kier molecular flexibility index (Phi) is 2.60. The maximum absolute atomic E-state index is 11.0. The zero-order valence-corrected chi connectivity index (χ0v) is 10.6. The molecule has 0 radical (unpaired) electrons. The Balaban J connectivity index is 2.24. The summed E-state index contributed by atoms with van der Waals surface area (Å²) in [6.45, 7) is 1.95. The Morgan fingerprint density at radius 2 is 2.20 bits per heavy atom. The average Bonchev–Trinajstić information content (AvgIpc) is 2.76. The molecule has 3 rings (SSSR count). The zero-order chi connectivity index (χ0) is 14.3. The molecule has 3 heterocycles. The van der Waals surface area contributed by atoms with Crippen molar-refractivity contribution in [2.75, 3.05) is 5.73 Å². The van der Waals surface area contributed by atoms with E-state index in [-0.39, 0.29) is 5.82 Å². The molecule has 0 atom stereocenters. The summed E-state index contributed by atoms with van der Waals surface area (Å²) >= 11 is 0. The third-order valence-corrected chi connectivity index (χ3v) is 3.09. The van der Waals surface area contributed by atoms with E-state index in [0.29, 0.717) is 16.6 Å². The minimum Gasteiger partial charge on any atom is -0.463 e. The molecule has 0 aromatic carbocycles. The van der Waals surface area contributed by atoms with E-state index in [2.05, 4.69) is 15.1 Å². The molecule has 0 bridgehead atoms. The topological polar surface area (TPSA) is 107 Å². The molecular weight excluding hydrogens is 258 g/mol. The lowest BCUT2D eigenvalue weighted by molar-refractivity contribution is 0.194. The first-order chi connectivity index (χ1) is 9.58. The number of aryl methyl sites for hydroxylation is 1. The molecule has 0 saturated heterocycles. The second kappa shape index (κ2) is 4.30. The van der Waals surface area contributed by atoms with Gasteiger partial charge in [-0.05, 0) is 24.6 Å². The Bertz CT molecular complexity index is 825. The van der Waals surface area contributed by atoms with E-state index in [0.717, 1.165) is 15.8 Å². The molecule has 0 spiro atoms. The largest absolute Gasteiger partial charge is 0.463 e. The summed E-state index contributed by atoms with van der Waals surface area (Å²) in [5.74, 6) is 0.160. The molecule has 3 aromatic rings. The van der Waals surface area contributed by atoms with Crippen molar-refractivity contribution < 1.29 is 9.90 Å². The molecule has 0 unspecified atom stereocenters. The highest BCUT2D eigenvalue weighted by molar-refractivity contribution is 5.95. The molecule has 0 fully saturated rings. The van der Waals surface area contributed by atoms with Crippen LogP contribution in [0.3, 0.4) is 0 Å². The smallest absolute Gasteiger partial charge is 0.432 e. The molecule has 0 amide bonds. The molecule has 20 heavy (non-hydrogen) atoms. The van der Waals surface area contributed by atoms with Crippen LogP contribution in [0, 0.1) is 6.92 Å². The van der Waals surface area contributed by atoms with Gasteiger partial charge in [-0.25, -0.2) is 4.79 Å². The number of carboxylic acid groups (broad SMARTS) is 1. The highest BCUT2D eigenvalue weighted by Crippen LogP contribution is 2.26. The first-order valence-corrected chi connectivity index (χ1v) is 5.86. The number of fused-ring (bicyclic) bond motifs is 1. The third kappa shape index (κ3) is 1.76. The van der Waals surface area contributed by atoms with Crippen LogP contribution in [0.4, 0.5) is 10.6 Å². The number of anilines is 1. The maximum atomic E-state index is 11.0. The predicted molar refractivity (Wildman–Crippen MR) is 73.3 cm³/mol. The van der Waals surface area contributed by atoms with E-state index in [9.17, 15) is 4.79 Å². The summed E-state index contributed by atoms with van der Waals surface area (Å²) in [5, 5.41) is 13.4. The highest BCUT2D eigenvalue weighted by atomic mass is 16.4. The van der Waals surface area contributed by atoms with Gasteiger partial charge < -0.3 is 10.8 Å². The lowest BCUT2D eigenvalue weighted by Gasteiger charge is -2.04. The highest BCUT2D eigenvalue weighted by Gasteiger charge is 2.15. The second-order valence-electron chi connectivity index (χ2n) is 4.36. The van der Waals surface area contributed by atoms with Crippen molar-refractivity contribution in [3.05, 3.63) is 36.3 Å². The Morgan fingerprint density at radius 1 is 1.40 bits per heavy atom. The van der Waals surface area contributed by atoms with Crippen LogP contribution in [-0.2, 0) is 0 Å². The van der Waals surface area contributed by atoms with Gasteiger partial charge in [-0.15, -0.1) is 5.10 Å². The number of nitrogen functional groups attached to an aromatic ring is 1.